The van der Waals surface area contributed by atoms with Crippen molar-refractivity contribution in [1.82, 2.24) is 4.90 Å². The number of aliphatic carboxylic acids is 1. The van der Waals surface area contributed by atoms with Crippen LogP contribution < -0.4 is 14.2 Å². The highest BCUT2D eigenvalue weighted by Crippen LogP contribution is 2.36. The monoisotopic (exact) mass is 641 g/mol. The van der Waals surface area contributed by atoms with Crippen molar-refractivity contribution in [2.24, 2.45) is 5.92 Å². The number of hydrogen-bond acceptors (Lipinski definition) is 10. The molecular weight excluding hydrogens is 598 g/mol. The van der Waals surface area contributed by atoms with Crippen molar-refractivity contribution in [2.75, 3.05) is 34.0 Å². The Hall–Kier alpha value is -4.16. The molecule has 12 heteroatoms. The number of hydrogen-bond donors (Lipinski definition) is 3. The molecule has 2 fully saturated rings. The molecule has 2 aromatic carbocycles. The fourth-order valence-electron chi connectivity index (χ4n) is 6.30. The summed E-state index contributed by atoms with van der Waals surface area (Å²) in [5, 5.41) is 30.1. The first-order chi connectivity index (χ1) is 22.1. The van der Waals surface area contributed by atoms with Gasteiger partial charge in [0.1, 0.15) is 23.5 Å². The van der Waals surface area contributed by atoms with E-state index in [4.69, 9.17) is 24.1 Å². The van der Waals surface area contributed by atoms with Crippen molar-refractivity contribution in [3.63, 3.8) is 0 Å². The summed E-state index contributed by atoms with van der Waals surface area (Å²) in [6.45, 7) is -0.812. The van der Waals surface area contributed by atoms with E-state index in [1.54, 1.807) is 37.4 Å². The number of carbonyl (C=O) groups excluding carboxylic acids is 3. The Bertz CT molecular complexity index is 1390. The lowest BCUT2D eigenvalue weighted by Gasteiger charge is -2.40. The fourth-order valence-corrected chi connectivity index (χ4v) is 6.30. The molecule has 250 valence electrons. The number of aliphatic hydroxyl groups excluding tert-OH is 1. The third-order valence-electron chi connectivity index (χ3n) is 8.87. The van der Waals surface area contributed by atoms with Crippen LogP contribution >= 0.6 is 0 Å². The summed E-state index contributed by atoms with van der Waals surface area (Å²) in [4.78, 5) is 53.1. The Kier molecular flexibility index (Phi) is 12.0. The minimum Gasteiger partial charge on any atom is -0.493 e. The predicted octanol–water partition coefficient (Wildman–Crippen LogP) is 3.25. The molecule has 12 nitrogen and oxygen atoms in total. The minimum atomic E-state index is -1.98. The summed E-state index contributed by atoms with van der Waals surface area (Å²) in [5.74, 6) is -3.13. The van der Waals surface area contributed by atoms with Gasteiger partial charge in [0.15, 0.2) is 18.1 Å². The normalized spacial score (nSPS) is 22.0. The van der Waals surface area contributed by atoms with Crippen LogP contribution in [0.1, 0.15) is 68.6 Å². The standard InChI is InChI=1S/C34H43NO11/c1-43-28-15-13-22(18-29(28)44-2)12-14-27(23-8-7-10-25(19-23)45-21-30(37)38)46-33(41)26-11-4-6-17-35(26)32(40)31(39)34(42)16-5-3-9-24(34)20-36/h7-8,10,13,15,18-19,24,26-27,36,42H,3-6,9,11-12,14,16-17,20-21H2,1-2H3,(H,37,38)/t24-,26-,27+,34-/m0/s1. The van der Waals surface area contributed by atoms with Gasteiger partial charge in [-0.05, 0) is 80.3 Å². The van der Waals surface area contributed by atoms with Crippen molar-refractivity contribution >= 4 is 23.6 Å². The van der Waals surface area contributed by atoms with E-state index in [0.29, 0.717) is 55.6 Å². The summed E-state index contributed by atoms with van der Waals surface area (Å²) in [7, 11) is 3.08. The van der Waals surface area contributed by atoms with Crippen molar-refractivity contribution in [1.29, 1.82) is 0 Å². The number of amides is 1. The van der Waals surface area contributed by atoms with E-state index in [9.17, 15) is 29.4 Å². The number of benzene rings is 2. The second-order valence-electron chi connectivity index (χ2n) is 11.8. The van der Waals surface area contributed by atoms with Crippen LogP contribution in [-0.2, 0) is 30.3 Å². The van der Waals surface area contributed by atoms with Gasteiger partial charge >= 0.3 is 11.9 Å². The number of carbonyl (C=O) groups is 4. The number of ether oxygens (including phenoxy) is 4. The van der Waals surface area contributed by atoms with Crippen LogP contribution in [0.25, 0.3) is 0 Å². The van der Waals surface area contributed by atoms with E-state index >= 15 is 0 Å². The second-order valence-corrected chi connectivity index (χ2v) is 11.8. The van der Waals surface area contributed by atoms with Crippen LogP contribution in [-0.4, -0.2) is 89.5 Å². The highest BCUT2D eigenvalue weighted by Gasteiger charge is 2.50. The van der Waals surface area contributed by atoms with E-state index in [2.05, 4.69) is 0 Å². The average Bonchev–Trinajstić information content (AvgIpc) is 3.08. The first-order valence-corrected chi connectivity index (χ1v) is 15.7. The lowest BCUT2D eigenvalue weighted by molar-refractivity contribution is -0.170. The molecule has 3 N–H and O–H groups in total. The van der Waals surface area contributed by atoms with E-state index in [-0.39, 0.29) is 25.1 Å². The highest BCUT2D eigenvalue weighted by molar-refractivity contribution is 6.39. The van der Waals surface area contributed by atoms with Gasteiger partial charge in [0.2, 0.25) is 0 Å². The van der Waals surface area contributed by atoms with Crippen LogP contribution in [0, 0.1) is 5.92 Å². The first kappa shape index (κ1) is 34.7. The Morgan fingerprint density at radius 3 is 2.46 bits per heavy atom. The van der Waals surface area contributed by atoms with Gasteiger partial charge in [-0.25, -0.2) is 9.59 Å². The first-order valence-electron chi connectivity index (χ1n) is 15.7. The van der Waals surface area contributed by atoms with Gasteiger partial charge in [0.25, 0.3) is 11.7 Å². The second kappa shape index (κ2) is 15.9. The number of esters is 1. The van der Waals surface area contributed by atoms with Crippen LogP contribution in [0.3, 0.4) is 0 Å². The minimum absolute atomic E-state index is 0.0737. The molecule has 46 heavy (non-hydrogen) atoms. The smallest absolute Gasteiger partial charge is 0.341 e. The van der Waals surface area contributed by atoms with E-state index in [1.807, 2.05) is 12.1 Å². The number of aliphatic hydroxyl groups is 2. The SMILES string of the molecule is COc1ccc(CC[C@@H](OC(=O)[C@@H]2CCCCN2C(=O)C(=O)[C@]2(O)CCCC[C@H]2CO)c2cccc(OCC(=O)O)c2)cc1OC. The fraction of sp³-hybridized carbons (Fsp3) is 0.529. The van der Waals surface area contributed by atoms with Crippen LogP contribution in [0.15, 0.2) is 42.5 Å². The lowest BCUT2D eigenvalue weighted by atomic mass is 9.73. The number of carboxylic acids is 1. The molecule has 1 saturated heterocycles. The number of nitrogens with zero attached hydrogens (tertiary/aromatic N) is 1. The number of piperidine rings is 1. The molecule has 0 radical (unpaired) electrons. The molecule has 0 bridgehead atoms. The molecule has 1 aliphatic carbocycles. The molecule has 1 heterocycles. The summed E-state index contributed by atoms with van der Waals surface area (Å²) in [5.41, 5.74) is -0.533. The number of ketones is 1. The molecule has 1 aliphatic heterocycles. The largest absolute Gasteiger partial charge is 0.493 e. The van der Waals surface area contributed by atoms with Gasteiger partial charge in [-0.1, -0.05) is 31.0 Å². The number of Topliss-reactive ketones (excluding diaryl/α,β-unsaturated/α-hetero) is 1. The Morgan fingerprint density at radius 2 is 1.74 bits per heavy atom. The van der Waals surface area contributed by atoms with Gasteiger partial charge in [-0.15, -0.1) is 0 Å². The number of methoxy groups -OCH3 is 2. The zero-order valence-corrected chi connectivity index (χ0v) is 26.3. The maximum atomic E-state index is 13.8. The molecule has 0 spiro atoms. The molecule has 2 aromatic rings. The number of carboxylic acid groups (broad SMARTS) is 1. The van der Waals surface area contributed by atoms with E-state index < -0.39 is 60.5 Å². The van der Waals surface area contributed by atoms with Crippen LogP contribution in [0.5, 0.6) is 17.2 Å². The zero-order valence-electron chi connectivity index (χ0n) is 26.3. The molecule has 2 aliphatic rings. The summed E-state index contributed by atoms with van der Waals surface area (Å²) < 4.78 is 22.2. The molecule has 1 saturated carbocycles. The zero-order chi connectivity index (χ0) is 33.3. The van der Waals surface area contributed by atoms with Gasteiger partial charge in [0, 0.05) is 19.1 Å². The molecule has 0 unspecified atom stereocenters. The van der Waals surface area contributed by atoms with Crippen molar-refractivity contribution in [3.05, 3.63) is 53.6 Å². The summed E-state index contributed by atoms with van der Waals surface area (Å²) in [6, 6.07) is 11.0. The van der Waals surface area contributed by atoms with Gasteiger partial charge < -0.3 is 39.2 Å². The predicted molar refractivity (Wildman–Crippen MR) is 165 cm³/mol. The van der Waals surface area contributed by atoms with Crippen molar-refractivity contribution in [2.45, 2.75) is 75.5 Å². The molecule has 4 rings (SSSR count). The third-order valence-corrected chi connectivity index (χ3v) is 8.87. The molecule has 1 amide bonds. The third kappa shape index (κ3) is 8.16. The molecular formula is C34H43NO11. The molecule has 4 atom stereocenters. The highest BCUT2D eigenvalue weighted by atomic mass is 16.5. The molecule has 0 aromatic heterocycles. The van der Waals surface area contributed by atoms with E-state index in [0.717, 1.165) is 12.0 Å². The van der Waals surface area contributed by atoms with Crippen LogP contribution in [0.2, 0.25) is 0 Å². The Labute approximate surface area is 268 Å². The summed E-state index contributed by atoms with van der Waals surface area (Å²) in [6.07, 6.45) is 3.25. The topological polar surface area (TPSA) is 169 Å². The van der Waals surface area contributed by atoms with Crippen molar-refractivity contribution < 1.29 is 53.4 Å². The van der Waals surface area contributed by atoms with Gasteiger partial charge in [-0.2, -0.15) is 0 Å². The number of aryl methyl sites for hydroxylation is 1. The Morgan fingerprint density at radius 1 is 0.978 bits per heavy atom. The quantitative estimate of drug-likeness (QED) is 0.205. The van der Waals surface area contributed by atoms with Gasteiger partial charge in [0.05, 0.1) is 14.2 Å². The number of likely N-dealkylation sites (tertiary alicyclic amines) is 1. The average molecular weight is 642 g/mol. The lowest BCUT2D eigenvalue weighted by Crippen LogP contribution is -2.59. The van der Waals surface area contributed by atoms with E-state index in [1.165, 1.54) is 12.0 Å². The summed E-state index contributed by atoms with van der Waals surface area (Å²) >= 11 is 0. The van der Waals surface area contributed by atoms with Crippen molar-refractivity contribution in [3.8, 4) is 17.2 Å². The maximum absolute atomic E-state index is 13.8. The number of rotatable bonds is 14. The van der Waals surface area contributed by atoms with Crippen LogP contribution in [0.4, 0.5) is 0 Å². The van der Waals surface area contributed by atoms with Gasteiger partial charge in [-0.3, -0.25) is 9.59 Å². The Balaban J connectivity index is 1.57. The maximum Gasteiger partial charge on any atom is 0.341 e.